The number of hydrogen-bond donors (Lipinski definition) is 2. The molecule has 0 amide bonds. The van der Waals surface area contributed by atoms with Crippen molar-refractivity contribution in [3.63, 3.8) is 0 Å². The standard InChI is InChI=1S/C12H16N2OS/c1-16(15)11-4-2-3-8-9-7-13-6-5-10(9)14-12(8)11/h2-4,9-10,13-14H,5-7H2,1H3. The number of rotatable bonds is 1. The van der Waals surface area contributed by atoms with E-state index in [4.69, 9.17) is 0 Å². The number of piperidine rings is 1. The van der Waals surface area contributed by atoms with Crippen LogP contribution in [0.25, 0.3) is 0 Å². The molecule has 3 rings (SSSR count). The minimum Gasteiger partial charge on any atom is -0.380 e. The molecular weight excluding hydrogens is 220 g/mol. The fraction of sp³-hybridized carbons (Fsp3) is 0.500. The Hall–Kier alpha value is -0.870. The van der Waals surface area contributed by atoms with Crippen LogP contribution < -0.4 is 10.6 Å². The van der Waals surface area contributed by atoms with Crippen LogP contribution in [0.15, 0.2) is 23.1 Å². The summed E-state index contributed by atoms with van der Waals surface area (Å²) in [5.41, 5.74) is 2.46. The van der Waals surface area contributed by atoms with Gasteiger partial charge in [-0.15, -0.1) is 0 Å². The molecule has 0 radical (unpaired) electrons. The maximum atomic E-state index is 11.7. The van der Waals surface area contributed by atoms with Gasteiger partial charge < -0.3 is 10.6 Å². The van der Waals surface area contributed by atoms with Gasteiger partial charge in [-0.1, -0.05) is 12.1 Å². The zero-order valence-electron chi connectivity index (χ0n) is 9.32. The van der Waals surface area contributed by atoms with Crippen LogP contribution in [0.2, 0.25) is 0 Å². The van der Waals surface area contributed by atoms with Gasteiger partial charge in [-0.2, -0.15) is 0 Å². The van der Waals surface area contributed by atoms with Gasteiger partial charge in [0.2, 0.25) is 0 Å². The normalized spacial score (nSPS) is 29.1. The predicted octanol–water partition coefficient (Wildman–Crippen LogP) is 1.29. The third-order valence-electron chi connectivity index (χ3n) is 3.58. The highest BCUT2D eigenvalue weighted by Gasteiger charge is 2.35. The summed E-state index contributed by atoms with van der Waals surface area (Å²) in [7, 11) is -0.907. The average molecular weight is 236 g/mol. The monoisotopic (exact) mass is 236 g/mol. The summed E-state index contributed by atoms with van der Waals surface area (Å²) in [5.74, 6) is 0.548. The Balaban J connectivity index is 2.07. The summed E-state index contributed by atoms with van der Waals surface area (Å²) in [6, 6.07) is 6.68. The van der Waals surface area contributed by atoms with E-state index in [1.165, 1.54) is 5.56 Å². The number of fused-ring (bicyclic) bond motifs is 3. The van der Waals surface area contributed by atoms with Crippen LogP contribution >= 0.6 is 0 Å². The van der Waals surface area contributed by atoms with Crippen LogP contribution in [0, 0.1) is 0 Å². The quantitative estimate of drug-likeness (QED) is 0.772. The zero-order valence-corrected chi connectivity index (χ0v) is 10.1. The molecule has 0 saturated carbocycles. The molecular formula is C12H16N2OS. The van der Waals surface area contributed by atoms with E-state index in [0.29, 0.717) is 12.0 Å². The molecule has 2 N–H and O–H groups in total. The second kappa shape index (κ2) is 3.86. The van der Waals surface area contributed by atoms with E-state index in [0.717, 1.165) is 30.1 Å². The third kappa shape index (κ3) is 1.48. The van der Waals surface area contributed by atoms with Crippen molar-refractivity contribution in [3.05, 3.63) is 23.8 Å². The Morgan fingerprint density at radius 1 is 1.44 bits per heavy atom. The highest BCUT2D eigenvalue weighted by Crippen LogP contribution is 2.41. The van der Waals surface area contributed by atoms with Gasteiger partial charge in [-0.05, 0) is 24.6 Å². The fourth-order valence-corrected chi connectivity index (χ4v) is 3.53. The minimum absolute atomic E-state index is 0.529. The lowest BCUT2D eigenvalue weighted by Crippen LogP contribution is -2.38. The Bertz CT molecular complexity index is 447. The second-order valence-corrected chi connectivity index (χ2v) is 5.87. The van der Waals surface area contributed by atoms with E-state index in [-0.39, 0.29) is 0 Å². The lowest BCUT2D eigenvalue weighted by molar-refractivity contribution is 0.440. The van der Waals surface area contributed by atoms with Crippen molar-refractivity contribution in [2.45, 2.75) is 23.3 Å². The molecule has 0 aliphatic carbocycles. The van der Waals surface area contributed by atoms with Crippen molar-refractivity contribution in [1.29, 1.82) is 0 Å². The molecule has 1 aromatic carbocycles. The highest BCUT2D eigenvalue weighted by atomic mass is 32.2. The van der Waals surface area contributed by atoms with Crippen molar-refractivity contribution in [2.75, 3.05) is 24.7 Å². The molecule has 1 aromatic rings. The van der Waals surface area contributed by atoms with Gasteiger partial charge in [0.1, 0.15) is 0 Å². The van der Waals surface area contributed by atoms with Crippen LogP contribution in [0.1, 0.15) is 17.9 Å². The van der Waals surface area contributed by atoms with Crippen LogP contribution in [-0.4, -0.2) is 29.6 Å². The van der Waals surface area contributed by atoms with E-state index >= 15 is 0 Å². The predicted molar refractivity (Wildman–Crippen MR) is 66.4 cm³/mol. The van der Waals surface area contributed by atoms with Gasteiger partial charge in [-0.3, -0.25) is 4.21 Å². The van der Waals surface area contributed by atoms with E-state index in [1.54, 1.807) is 6.26 Å². The van der Waals surface area contributed by atoms with Crippen LogP contribution in [0.5, 0.6) is 0 Å². The molecule has 16 heavy (non-hydrogen) atoms. The average Bonchev–Trinajstić information content (AvgIpc) is 2.67. The summed E-state index contributed by atoms with van der Waals surface area (Å²) in [5, 5.41) is 6.98. The Kier molecular flexibility index (Phi) is 2.48. The molecule has 3 nitrogen and oxygen atoms in total. The van der Waals surface area contributed by atoms with Crippen molar-refractivity contribution in [1.82, 2.24) is 5.32 Å². The second-order valence-electron chi connectivity index (χ2n) is 4.52. The summed E-state index contributed by atoms with van der Waals surface area (Å²) >= 11 is 0. The molecule has 2 heterocycles. The number of anilines is 1. The summed E-state index contributed by atoms with van der Waals surface area (Å²) in [4.78, 5) is 0.951. The molecule has 0 spiro atoms. The van der Waals surface area contributed by atoms with Crippen LogP contribution in [-0.2, 0) is 10.8 Å². The van der Waals surface area contributed by atoms with Gasteiger partial charge in [0, 0.05) is 24.8 Å². The summed E-state index contributed by atoms with van der Waals surface area (Å²) in [6.45, 7) is 2.11. The Morgan fingerprint density at radius 2 is 2.31 bits per heavy atom. The molecule has 3 atom stereocenters. The largest absolute Gasteiger partial charge is 0.380 e. The highest BCUT2D eigenvalue weighted by molar-refractivity contribution is 7.84. The molecule has 2 aliphatic rings. The first kappa shape index (κ1) is 10.3. The van der Waals surface area contributed by atoms with Gasteiger partial charge in [-0.25, -0.2) is 0 Å². The van der Waals surface area contributed by atoms with E-state index in [1.807, 2.05) is 12.1 Å². The molecule has 0 bridgehead atoms. The smallest absolute Gasteiger partial charge is 0.0619 e. The van der Waals surface area contributed by atoms with Crippen molar-refractivity contribution >= 4 is 16.5 Å². The first-order valence-electron chi connectivity index (χ1n) is 5.71. The van der Waals surface area contributed by atoms with Gasteiger partial charge in [0.05, 0.1) is 21.4 Å². The van der Waals surface area contributed by atoms with Gasteiger partial charge in [0.25, 0.3) is 0 Å². The summed E-state index contributed by atoms with van der Waals surface area (Å²) < 4.78 is 11.7. The topological polar surface area (TPSA) is 41.1 Å². The minimum atomic E-state index is -0.907. The number of para-hydroxylation sites is 1. The van der Waals surface area contributed by atoms with Crippen molar-refractivity contribution in [3.8, 4) is 0 Å². The Labute approximate surface area is 98.1 Å². The maximum absolute atomic E-state index is 11.7. The third-order valence-corrected chi connectivity index (χ3v) is 4.54. The van der Waals surface area contributed by atoms with Crippen LogP contribution in [0.4, 0.5) is 5.69 Å². The van der Waals surface area contributed by atoms with Crippen molar-refractivity contribution in [2.24, 2.45) is 0 Å². The molecule has 0 aromatic heterocycles. The molecule has 2 aliphatic heterocycles. The molecule has 4 heteroatoms. The van der Waals surface area contributed by atoms with Gasteiger partial charge >= 0.3 is 0 Å². The summed E-state index contributed by atoms with van der Waals surface area (Å²) in [6.07, 6.45) is 2.90. The molecule has 1 fully saturated rings. The van der Waals surface area contributed by atoms with Crippen LogP contribution in [0.3, 0.4) is 0 Å². The van der Waals surface area contributed by atoms with E-state index in [2.05, 4.69) is 16.7 Å². The first-order chi connectivity index (χ1) is 7.77. The first-order valence-corrected chi connectivity index (χ1v) is 7.27. The molecule has 1 saturated heterocycles. The number of benzene rings is 1. The van der Waals surface area contributed by atoms with E-state index < -0.39 is 10.8 Å². The number of nitrogens with one attached hydrogen (secondary N) is 2. The lowest BCUT2D eigenvalue weighted by Gasteiger charge is -2.26. The van der Waals surface area contributed by atoms with E-state index in [9.17, 15) is 4.21 Å². The van der Waals surface area contributed by atoms with Gasteiger partial charge in [0.15, 0.2) is 0 Å². The SMILES string of the molecule is CS(=O)c1cccc2c1NC1CCNCC21. The molecule has 86 valence electrons. The van der Waals surface area contributed by atoms with Crippen molar-refractivity contribution < 1.29 is 4.21 Å². The molecule has 3 unspecified atom stereocenters. The fourth-order valence-electron chi connectivity index (χ4n) is 2.79. The maximum Gasteiger partial charge on any atom is 0.0619 e. The Morgan fingerprint density at radius 3 is 3.12 bits per heavy atom. The zero-order chi connectivity index (χ0) is 11.1. The lowest BCUT2D eigenvalue weighted by atomic mass is 9.91. The number of hydrogen-bond acceptors (Lipinski definition) is 3.